The highest BCUT2D eigenvalue weighted by atomic mass is 15.1. The maximum absolute atomic E-state index is 4.48. The Morgan fingerprint density at radius 2 is 1.86 bits per heavy atom. The summed E-state index contributed by atoms with van der Waals surface area (Å²) in [4.78, 5) is 8.75. The van der Waals surface area contributed by atoms with Gasteiger partial charge in [0, 0.05) is 25.1 Å². The molecule has 0 amide bonds. The van der Waals surface area contributed by atoms with Gasteiger partial charge in [0.05, 0.1) is 5.69 Å². The molecule has 0 fully saturated rings. The van der Waals surface area contributed by atoms with E-state index in [-0.39, 0.29) is 0 Å². The second-order valence-electron chi connectivity index (χ2n) is 5.41. The van der Waals surface area contributed by atoms with Crippen LogP contribution >= 0.6 is 0 Å². The first-order valence-electron chi connectivity index (χ1n) is 8.02. The number of anilines is 1. The fraction of sp³-hybridized carbons (Fsp3) is 0.529. The largest absolute Gasteiger partial charge is 0.382 e. The topological polar surface area (TPSA) is 42.7 Å². The molecule has 2 heterocycles. The van der Waals surface area contributed by atoms with Crippen molar-refractivity contribution in [3.05, 3.63) is 36.5 Å². The van der Waals surface area contributed by atoms with Gasteiger partial charge in [-0.2, -0.15) is 0 Å². The van der Waals surface area contributed by atoms with Crippen molar-refractivity contribution < 1.29 is 0 Å². The Bertz CT molecular complexity index is 533. The second-order valence-corrected chi connectivity index (χ2v) is 5.41. The number of nitrogens with zero attached hydrogens (tertiary/aromatic N) is 3. The number of nitrogens with one attached hydrogen (secondary N) is 1. The van der Waals surface area contributed by atoms with Crippen LogP contribution in [0.1, 0.15) is 51.3 Å². The minimum Gasteiger partial charge on any atom is -0.382 e. The summed E-state index contributed by atoms with van der Waals surface area (Å²) in [5.74, 6) is 1.88. The van der Waals surface area contributed by atoms with Crippen LogP contribution in [-0.2, 0) is 0 Å². The summed E-state index contributed by atoms with van der Waals surface area (Å²) in [5, 5.41) is 3.51. The first kappa shape index (κ1) is 15.5. The third-order valence-corrected chi connectivity index (χ3v) is 3.69. The van der Waals surface area contributed by atoms with Crippen LogP contribution in [-0.4, -0.2) is 21.1 Å². The van der Waals surface area contributed by atoms with Crippen molar-refractivity contribution in [1.29, 1.82) is 0 Å². The Morgan fingerprint density at radius 1 is 1.05 bits per heavy atom. The number of imidazole rings is 1. The van der Waals surface area contributed by atoms with Gasteiger partial charge in [-0.1, -0.05) is 39.0 Å². The molecule has 1 N–H and O–H groups in total. The van der Waals surface area contributed by atoms with Gasteiger partial charge in [-0.05, 0) is 25.5 Å². The summed E-state index contributed by atoms with van der Waals surface area (Å²) in [6.07, 6.45) is 13.5. The maximum atomic E-state index is 4.48. The van der Waals surface area contributed by atoms with Gasteiger partial charge in [0.15, 0.2) is 5.82 Å². The molecule has 0 saturated heterocycles. The normalized spacial score (nSPS) is 10.8. The van der Waals surface area contributed by atoms with Crippen molar-refractivity contribution in [2.24, 2.45) is 0 Å². The number of rotatable bonds is 9. The molecule has 4 heteroatoms. The molecule has 0 spiro atoms. The number of aromatic nitrogens is 3. The average Bonchev–Trinajstić information content (AvgIpc) is 2.93. The van der Waals surface area contributed by atoms with E-state index < -0.39 is 0 Å². The predicted octanol–water partition coefficient (Wildman–Crippen LogP) is 4.35. The Morgan fingerprint density at radius 3 is 2.62 bits per heavy atom. The monoisotopic (exact) mass is 286 g/mol. The zero-order valence-corrected chi connectivity index (χ0v) is 13.2. The van der Waals surface area contributed by atoms with E-state index in [0.717, 1.165) is 23.9 Å². The van der Waals surface area contributed by atoms with E-state index in [1.165, 1.54) is 38.5 Å². The third-order valence-electron chi connectivity index (χ3n) is 3.69. The first-order chi connectivity index (χ1) is 10.3. The summed E-state index contributed by atoms with van der Waals surface area (Å²) in [5.41, 5.74) is 1.08. The number of aryl methyl sites for hydroxylation is 1. The Kier molecular flexibility index (Phi) is 6.25. The van der Waals surface area contributed by atoms with Gasteiger partial charge < -0.3 is 5.32 Å². The van der Waals surface area contributed by atoms with Crippen molar-refractivity contribution in [2.75, 3.05) is 11.9 Å². The lowest BCUT2D eigenvalue weighted by atomic mass is 10.1. The molecule has 0 unspecified atom stereocenters. The minimum absolute atomic E-state index is 0.929. The molecule has 4 nitrogen and oxygen atoms in total. The molecule has 0 aliphatic rings. The van der Waals surface area contributed by atoms with Crippen LogP contribution in [0.5, 0.6) is 0 Å². The van der Waals surface area contributed by atoms with E-state index >= 15 is 0 Å². The number of hydrogen-bond acceptors (Lipinski definition) is 3. The number of unbranched alkanes of at least 4 members (excludes halogenated alkanes) is 5. The number of pyridine rings is 1. The van der Waals surface area contributed by atoms with E-state index in [9.17, 15) is 0 Å². The zero-order valence-electron chi connectivity index (χ0n) is 13.2. The van der Waals surface area contributed by atoms with E-state index in [0.29, 0.717) is 0 Å². The van der Waals surface area contributed by atoms with Crippen LogP contribution in [0.3, 0.4) is 0 Å². The van der Waals surface area contributed by atoms with Gasteiger partial charge in [-0.3, -0.25) is 4.57 Å². The van der Waals surface area contributed by atoms with E-state index in [1.807, 2.05) is 36.1 Å². The van der Waals surface area contributed by atoms with Crippen molar-refractivity contribution in [3.63, 3.8) is 0 Å². The quantitative estimate of drug-likeness (QED) is 0.697. The third kappa shape index (κ3) is 4.59. The standard InChI is InChI=1S/C17H26N4/c1-3-4-5-6-7-8-11-19-16-10-9-12-20-17(16)21-14-13-18-15(21)2/h9-10,12-14,19H,3-8,11H2,1-2H3. The Labute approximate surface area is 127 Å². The fourth-order valence-electron chi connectivity index (χ4n) is 2.46. The molecular weight excluding hydrogens is 260 g/mol. The molecule has 0 atom stereocenters. The summed E-state index contributed by atoms with van der Waals surface area (Å²) >= 11 is 0. The highest BCUT2D eigenvalue weighted by molar-refractivity contribution is 5.56. The van der Waals surface area contributed by atoms with Crippen LogP contribution in [0, 0.1) is 6.92 Å². The van der Waals surface area contributed by atoms with Gasteiger partial charge >= 0.3 is 0 Å². The van der Waals surface area contributed by atoms with Gasteiger partial charge in [-0.15, -0.1) is 0 Å². The molecule has 114 valence electrons. The van der Waals surface area contributed by atoms with Crippen molar-refractivity contribution in [3.8, 4) is 5.82 Å². The van der Waals surface area contributed by atoms with Gasteiger partial charge in [0.1, 0.15) is 5.82 Å². The van der Waals surface area contributed by atoms with Crippen molar-refractivity contribution >= 4 is 5.69 Å². The Hall–Kier alpha value is -1.84. The fourth-order valence-corrected chi connectivity index (χ4v) is 2.46. The lowest BCUT2D eigenvalue weighted by Crippen LogP contribution is -2.08. The van der Waals surface area contributed by atoms with Crippen molar-refractivity contribution in [2.45, 2.75) is 52.4 Å². The van der Waals surface area contributed by atoms with Gasteiger partial charge in [0.2, 0.25) is 0 Å². The summed E-state index contributed by atoms with van der Waals surface area (Å²) < 4.78 is 2.02. The first-order valence-corrected chi connectivity index (χ1v) is 8.02. The molecule has 0 saturated carbocycles. The molecule has 2 aromatic rings. The van der Waals surface area contributed by atoms with E-state index in [2.05, 4.69) is 28.3 Å². The molecule has 21 heavy (non-hydrogen) atoms. The Balaban J connectivity index is 1.85. The SMILES string of the molecule is CCCCCCCCNc1cccnc1-n1ccnc1C. The summed E-state index contributed by atoms with van der Waals surface area (Å²) in [7, 11) is 0. The van der Waals surface area contributed by atoms with Crippen LogP contribution in [0.15, 0.2) is 30.7 Å². The van der Waals surface area contributed by atoms with Crippen LogP contribution < -0.4 is 5.32 Å². The zero-order chi connectivity index (χ0) is 14.9. The summed E-state index contributed by atoms with van der Waals surface area (Å²) in [6.45, 7) is 5.24. The smallest absolute Gasteiger partial charge is 0.161 e. The average molecular weight is 286 g/mol. The van der Waals surface area contributed by atoms with Gasteiger partial charge in [0.25, 0.3) is 0 Å². The highest BCUT2D eigenvalue weighted by Gasteiger charge is 2.07. The molecule has 0 aromatic carbocycles. The second kappa shape index (κ2) is 8.45. The highest BCUT2D eigenvalue weighted by Crippen LogP contribution is 2.18. The molecule has 2 rings (SSSR count). The minimum atomic E-state index is 0.929. The molecule has 0 aliphatic carbocycles. The molecule has 0 bridgehead atoms. The lowest BCUT2D eigenvalue weighted by molar-refractivity contribution is 0.617. The van der Waals surface area contributed by atoms with Crippen LogP contribution in [0.2, 0.25) is 0 Å². The lowest BCUT2D eigenvalue weighted by Gasteiger charge is -2.12. The molecule has 2 aromatic heterocycles. The summed E-state index contributed by atoms with van der Waals surface area (Å²) in [6, 6.07) is 4.05. The molecular formula is C17H26N4. The van der Waals surface area contributed by atoms with Crippen LogP contribution in [0.25, 0.3) is 5.82 Å². The van der Waals surface area contributed by atoms with E-state index in [4.69, 9.17) is 0 Å². The van der Waals surface area contributed by atoms with Crippen molar-refractivity contribution in [1.82, 2.24) is 14.5 Å². The van der Waals surface area contributed by atoms with E-state index in [1.54, 1.807) is 0 Å². The predicted molar refractivity (Wildman–Crippen MR) is 88.0 cm³/mol. The van der Waals surface area contributed by atoms with Gasteiger partial charge in [-0.25, -0.2) is 9.97 Å². The maximum Gasteiger partial charge on any atom is 0.161 e. The molecule has 0 aliphatic heterocycles. The van der Waals surface area contributed by atoms with Crippen LogP contribution in [0.4, 0.5) is 5.69 Å². The molecule has 0 radical (unpaired) electrons. The number of hydrogen-bond donors (Lipinski definition) is 1.